The Morgan fingerprint density at radius 1 is 1.21 bits per heavy atom. The first-order valence-electron chi connectivity index (χ1n) is 12.3. The highest BCUT2D eigenvalue weighted by molar-refractivity contribution is 6.30. The third kappa shape index (κ3) is 5.46. The van der Waals surface area contributed by atoms with Crippen molar-refractivity contribution in [1.82, 2.24) is 19.9 Å². The number of hydrogen-bond acceptors (Lipinski definition) is 9. The van der Waals surface area contributed by atoms with E-state index in [2.05, 4.69) is 20.3 Å². The van der Waals surface area contributed by atoms with Gasteiger partial charge in [0.15, 0.2) is 0 Å². The van der Waals surface area contributed by atoms with Crippen molar-refractivity contribution in [2.75, 3.05) is 24.2 Å². The summed E-state index contributed by atoms with van der Waals surface area (Å²) in [6.07, 6.45) is 9.47. The van der Waals surface area contributed by atoms with Gasteiger partial charge in [0.25, 0.3) is 0 Å². The maximum absolute atomic E-state index is 12.8. The molecule has 0 radical (unpaired) electrons. The van der Waals surface area contributed by atoms with Gasteiger partial charge in [-0.15, -0.1) is 0 Å². The molecule has 2 aliphatic rings. The lowest BCUT2D eigenvalue weighted by Crippen LogP contribution is -2.52. The van der Waals surface area contributed by atoms with E-state index in [4.69, 9.17) is 32.6 Å². The monoisotopic (exact) mass is 533 g/mol. The van der Waals surface area contributed by atoms with E-state index in [1.165, 1.54) is 24.7 Å². The van der Waals surface area contributed by atoms with Crippen molar-refractivity contribution in [3.63, 3.8) is 0 Å². The molecule has 196 valence electrons. The number of nitrogens with two attached hydrogens (primary N) is 1. The Labute approximate surface area is 225 Å². The Bertz CT molecular complexity index is 1360. The van der Waals surface area contributed by atoms with Gasteiger partial charge < -0.3 is 25.8 Å². The summed E-state index contributed by atoms with van der Waals surface area (Å²) < 4.78 is 5.74. The first kappa shape index (κ1) is 25.6. The predicted molar refractivity (Wildman–Crippen MR) is 145 cm³/mol. The number of halogens is 1. The van der Waals surface area contributed by atoms with E-state index in [1.54, 1.807) is 36.4 Å². The lowest BCUT2D eigenvalue weighted by atomic mass is 9.95. The van der Waals surface area contributed by atoms with Crippen molar-refractivity contribution in [2.24, 2.45) is 0 Å². The molecule has 1 unspecified atom stereocenters. The summed E-state index contributed by atoms with van der Waals surface area (Å²) in [6.45, 7) is 0.321. The van der Waals surface area contributed by atoms with Crippen LogP contribution >= 0.6 is 11.6 Å². The number of carbonyl (C=O) groups excluding carboxylic acids is 1. The molecule has 10 nitrogen and oxygen atoms in total. The number of anilines is 2. The van der Waals surface area contributed by atoms with Crippen LogP contribution in [0.2, 0.25) is 5.02 Å². The molecule has 1 saturated heterocycles. The van der Waals surface area contributed by atoms with Crippen molar-refractivity contribution in [3.8, 4) is 11.6 Å². The van der Waals surface area contributed by atoms with E-state index < -0.39 is 0 Å². The summed E-state index contributed by atoms with van der Waals surface area (Å²) in [5, 5.41) is 21.9. The second kappa shape index (κ2) is 10.8. The fourth-order valence-electron chi connectivity index (χ4n) is 4.76. The highest BCUT2D eigenvalue weighted by Gasteiger charge is 2.52. The molecule has 1 aliphatic carbocycles. The molecule has 0 bridgehead atoms. The highest BCUT2D eigenvalue weighted by atomic mass is 35.5. The molecule has 1 aliphatic heterocycles. The number of rotatable bonds is 8. The number of carbonyl (C=O) groups is 1. The van der Waals surface area contributed by atoms with E-state index in [-0.39, 0.29) is 35.6 Å². The zero-order chi connectivity index (χ0) is 26.7. The molecule has 38 heavy (non-hydrogen) atoms. The predicted octanol–water partition coefficient (Wildman–Crippen LogP) is 3.80. The van der Waals surface area contributed by atoms with Crippen molar-refractivity contribution >= 4 is 34.9 Å². The number of hydrogen-bond donors (Lipinski definition) is 4. The Balaban J connectivity index is 1.32. The smallest absolute Gasteiger partial charge is 0.246 e. The summed E-state index contributed by atoms with van der Waals surface area (Å²) >= 11 is 5.87. The zero-order valence-electron chi connectivity index (χ0n) is 20.6. The minimum Gasteiger partial charge on any atom is -0.439 e. The van der Waals surface area contributed by atoms with Crippen molar-refractivity contribution in [3.05, 3.63) is 77.2 Å². The summed E-state index contributed by atoms with van der Waals surface area (Å²) in [5.41, 5.74) is 7.30. The maximum atomic E-state index is 12.8. The fourth-order valence-corrected chi connectivity index (χ4v) is 4.87. The Hall–Kier alpha value is -4.02. The lowest BCUT2D eigenvalue weighted by molar-refractivity contribution is -0.130. The number of likely N-dealkylation sites (tertiary alicyclic amines) is 1. The van der Waals surface area contributed by atoms with Gasteiger partial charge in [-0.05, 0) is 56.0 Å². The van der Waals surface area contributed by atoms with Gasteiger partial charge in [0.2, 0.25) is 11.8 Å². The highest BCUT2D eigenvalue weighted by Crippen LogP contribution is 2.48. The van der Waals surface area contributed by atoms with Crippen LogP contribution < -0.4 is 15.8 Å². The van der Waals surface area contributed by atoms with Gasteiger partial charge in [-0.2, -0.15) is 0 Å². The van der Waals surface area contributed by atoms with Crippen LogP contribution in [0.15, 0.2) is 61.1 Å². The van der Waals surface area contributed by atoms with E-state index in [9.17, 15) is 4.79 Å². The normalized spacial score (nSPS) is 17.9. The first-order valence-corrected chi connectivity index (χ1v) is 12.7. The quantitative estimate of drug-likeness (QED) is 0.252. The largest absolute Gasteiger partial charge is 0.439 e. The number of pyridine rings is 1. The molecule has 1 amide bonds. The molecule has 3 aromatic rings. The number of aromatic nitrogens is 3. The maximum Gasteiger partial charge on any atom is 0.246 e. The SMILES string of the molecule is N=C(c1ccc(Oc2ccc(Cl)cn2)cc1)c1c(N)ncnc1NC1CCC2(CC2)N(C(=O)/C=C/CO)C1. The van der Waals surface area contributed by atoms with E-state index in [0.717, 1.165) is 25.7 Å². The number of amides is 1. The van der Waals surface area contributed by atoms with Gasteiger partial charge in [0.1, 0.15) is 23.7 Å². The van der Waals surface area contributed by atoms with Gasteiger partial charge in [-0.3, -0.25) is 10.2 Å². The molecular weight excluding hydrogens is 506 g/mol. The van der Waals surface area contributed by atoms with E-state index >= 15 is 0 Å². The van der Waals surface area contributed by atoms with Crippen LogP contribution in [0, 0.1) is 5.41 Å². The van der Waals surface area contributed by atoms with Crippen LogP contribution in [0.1, 0.15) is 36.8 Å². The van der Waals surface area contributed by atoms with Crippen molar-refractivity contribution < 1.29 is 14.6 Å². The fraction of sp³-hybridized carbons (Fsp3) is 0.296. The summed E-state index contributed by atoms with van der Waals surface area (Å²) in [4.78, 5) is 27.3. The number of nitrogens with zero attached hydrogens (tertiary/aromatic N) is 4. The van der Waals surface area contributed by atoms with Gasteiger partial charge in [0.05, 0.1) is 22.9 Å². The second-order valence-electron chi connectivity index (χ2n) is 9.44. The molecular formula is C27H28ClN7O3. The number of nitrogen functional groups attached to an aromatic ring is 1. The lowest BCUT2D eigenvalue weighted by Gasteiger charge is -2.40. The van der Waals surface area contributed by atoms with Crippen LogP contribution in [-0.2, 0) is 4.79 Å². The van der Waals surface area contributed by atoms with Crippen molar-refractivity contribution in [2.45, 2.75) is 37.3 Å². The van der Waals surface area contributed by atoms with E-state index in [0.29, 0.717) is 40.1 Å². The van der Waals surface area contributed by atoms with E-state index in [1.807, 2.05) is 4.90 Å². The van der Waals surface area contributed by atoms with Crippen LogP contribution in [0.3, 0.4) is 0 Å². The van der Waals surface area contributed by atoms with Crippen LogP contribution in [0.5, 0.6) is 11.6 Å². The average Bonchev–Trinajstić information content (AvgIpc) is 3.70. The Morgan fingerprint density at radius 2 is 2.00 bits per heavy atom. The standard InChI is InChI=1S/C27H28ClN7O3/c28-18-5-8-21(31-14-18)38-20-6-3-17(4-7-20)24(29)23-25(30)32-16-33-26(23)34-19-9-10-27(11-12-27)35(15-19)22(37)2-1-13-36/h1-8,14,16,19,29,36H,9-13,15H2,(H3,30,32,33,34)/b2-1+,29-24?. The molecule has 5 N–H and O–H groups in total. The Morgan fingerprint density at radius 3 is 2.68 bits per heavy atom. The molecule has 2 aromatic heterocycles. The third-order valence-corrected chi connectivity index (χ3v) is 7.15. The molecule has 1 saturated carbocycles. The number of ether oxygens (including phenoxy) is 1. The molecule has 11 heteroatoms. The van der Waals surface area contributed by atoms with Crippen molar-refractivity contribution in [1.29, 1.82) is 5.41 Å². The van der Waals surface area contributed by atoms with Gasteiger partial charge >= 0.3 is 0 Å². The molecule has 1 spiro atoms. The molecule has 1 aromatic carbocycles. The summed E-state index contributed by atoms with van der Waals surface area (Å²) in [5.74, 6) is 1.50. The topological polar surface area (TPSA) is 150 Å². The second-order valence-corrected chi connectivity index (χ2v) is 9.87. The number of aliphatic hydroxyl groups is 1. The minimum atomic E-state index is -0.176. The summed E-state index contributed by atoms with van der Waals surface area (Å²) in [7, 11) is 0. The third-order valence-electron chi connectivity index (χ3n) is 6.93. The van der Waals surface area contributed by atoms with Gasteiger partial charge in [-0.1, -0.05) is 17.7 Å². The zero-order valence-corrected chi connectivity index (χ0v) is 21.4. The van der Waals surface area contributed by atoms with Gasteiger partial charge in [-0.25, -0.2) is 15.0 Å². The Kier molecular flexibility index (Phi) is 7.26. The number of piperidine rings is 1. The minimum absolute atomic E-state index is 0.0730. The van der Waals surface area contributed by atoms with Crippen LogP contribution in [0.4, 0.5) is 11.6 Å². The molecule has 5 rings (SSSR count). The first-order chi connectivity index (χ1) is 18.4. The number of benzene rings is 1. The van der Waals surface area contributed by atoms with Gasteiger partial charge in [0, 0.05) is 42.0 Å². The molecule has 2 fully saturated rings. The number of aliphatic hydroxyl groups excluding tert-OH is 1. The number of nitrogens with one attached hydrogen (secondary N) is 2. The molecule has 3 heterocycles. The summed E-state index contributed by atoms with van der Waals surface area (Å²) in [6, 6.07) is 10.3. The van der Waals surface area contributed by atoms with Crippen LogP contribution in [-0.4, -0.2) is 61.3 Å². The van der Waals surface area contributed by atoms with Crippen LogP contribution in [0.25, 0.3) is 0 Å². The average molecular weight is 534 g/mol. The molecule has 1 atom stereocenters.